The molecule has 0 aliphatic rings. The van der Waals surface area contributed by atoms with E-state index >= 15 is 0 Å². The van der Waals surface area contributed by atoms with Gasteiger partial charge in [-0.3, -0.25) is 9.78 Å². The van der Waals surface area contributed by atoms with Gasteiger partial charge in [0.15, 0.2) is 6.04 Å². The summed E-state index contributed by atoms with van der Waals surface area (Å²) in [6.07, 6.45) is 3.57. The largest absolute Gasteiger partial charge is 0.464 e. The van der Waals surface area contributed by atoms with Gasteiger partial charge in [0, 0.05) is 18.0 Å². The van der Waals surface area contributed by atoms with Crippen molar-refractivity contribution in [2.24, 2.45) is 0 Å². The number of hydrogen-bond donors (Lipinski definition) is 1. The highest BCUT2D eigenvalue weighted by molar-refractivity contribution is 5.79. The van der Waals surface area contributed by atoms with Crippen LogP contribution in [0.1, 0.15) is 18.5 Å². The third-order valence-corrected chi connectivity index (χ3v) is 1.77. The average Bonchev–Trinajstić information content (AvgIpc) is 2.27. The number of carbonyl (C=O) groups is 2. The zero-order chi connectivity index (χ0) is 11.1. The number of hydrogen-bond acceptors (Lipinski definition) is 4. The first-order valence-electron chi connectivity index (χ1n) is 4.55. The molecule has 0 spiro atoms. The highest BCUT2D eigenvalue weighted by atomic mass is 16.5. The fourth-order valence-electron chi connectivity index (χ4n) is 1.14. The molecule has 1 heterocycles. The standard InChI is InChI=1S/C10H12N2O3/c1-2-15-10(14)9(12-7-13)8-4-3-5-11-6-8/h3-7,9H,2H2,1H3,(H,12,13). The Kier molecular flexibility index (Phi) is 4.28. The predicted molar refractivity (Wildman–Crippen MR) is 52.8 cm³/mol. The van der Waals surface area contributed by atoms with E-state index in [1.165, 1.54) is 6.20 Å². The Bertz CT molecular complexity index is 327. The first kappa shape index (κ1) is 11.2. The molecule has 5 heteroatoms. The van der Waals surface area contributed by atoms with Crippen molar-refractivity contribution in [1.29, 1.82) is 0 Å². The minimum absolute atomic E-state index is 0.274. The molecule has 0 fully saturated rings. The molecule has 5 nitrogen and oxygen atoms in total. The summed E-state index contributed by atoms with van der Waals surface area (Å²) in [6, 6.07) is 2.61. The Morgan fingerprint density at radius 2 is 2.53 bits per heavy atom. The van der Waals surface area contributed by atoms with E-state index in [4.69, 9.17) is 4.74 Å². The normalized spacial score (nSPS) is 11.5. The number of esters is 1. The SMILES string of the molecule is CCOC(=O)C(NC=O)c1cccnc1. The second-order valence-corrected chi connectivity index (χ2v) is 2.76. The van der Waals surface area contributed by atoms with Crippen molar-refractivity contribution < 1.29 is 14.3 Å². The zero-order valence-electron chi connectivity index (χ0n) is 8.34. The van der Waals surface area contributed by atoms with Gasteiger partial charge in [-0.2, -0.15) is 0 Å². The predicted octanol–water partition coefficient (Wildman–Crippen LogP) is 0.432. The number of ether oxygens (including phenoxy) is 1. The van der Waals surface area contributed by atoms with Crippen LogP contribution in [0.2, 0.25) is 0 Å². The van der Waals surface area contributed by atoms with Gasteiger partial charge in [0.25, 0.3) is 0 Å². The third-order valence-electron chi connectivity index (χ3n) is 1.77. The van der Waals surface area contributed by atoms with E-state index in [0.717, 1.165) is 0 Å². The number of pyridine rings is 1. The summed E-state index contributed by atoms with van der Waals surface area (Å²) in [5.74, 6) is -0.488. The summed E-state index contributed by atoms with van der Waals surface area (Å²) in [5.41, 5.74) is 0.600. The van der Waals surface area contributed by atoms with E-state index in [0.29, 0.717) is 12.0 Å². The third kappa shape index (κ3) is 3.05. The average molecular weight is 208 g/mol. The van der Waals surface area contributed by atoms with Gasteiger partial charge in [-0.15, -0.1) is 0 Å². The molecule has 0 saturated carbocycles. The summed E-state index contributed by atoms with van der Waals surface area (Å²) in [7, 11) is 0. The molecule has 0 saturated heterocycles. The van der Waals surface area contributed by atoms with E-state index in [-0.39, 0.29) is 6.61 Å². The summed E-state index contributed by atoms with van der Waals surface area (Å²) >= 11 is 0. The minimum Gasteiger partial charge on any atom is -0.464 e. The van der Waals surface area contributed by atoms with E-state index in [1.54, 1.807) is 25.3 Å². The first-order valence-corrected chi connectivity index (χ1v) is 4.55. The molecular formula is C10H12N2O3. The van der Waals surface area contributed by atoms with Crippen molar-refractivity contribution in [3.8, 4) is 0 Å². The monoisotopic (exact) mass is 208 g/mol. The van der Waals surface area contributed by atoms with Crippen molar-refractivity contribution in [3.05, 3.63) is 30.1 Å². The first-order chi connectivity index (χ1) is 7.29. The van der Waals surface area contributed by atoms with Crippen molar-refractivity contribution >= 4 is 12.4 Å². The number of amides is 1. The van der Waals surface area contributed by atoms with Crippen LogP contribution >= 0.6 is 0 Å². The molecule has 1 aromatic rings. The van der Waals surface area contributed by atoms with Crippen LogP contribution in [0.25, 0.3) is 0 Å². The van der Waals surface area contributed by atoms with Crippen LogP contribution in [0.5, 0.6) is 0 Å². The molecule has 1 unspecified atom stereocenters. The molecule has 1 aromatic heterocycles. The van der Waals surface area contributed by atoms with Crippen LogP contribution < -0.4 is 5.32 Å². The number of carbonyl (C=O) groups excluding carboxylic acids is 2. The maximum Gasteiger partial charge on any atom is 0.333 e. The van der Waals surface area contributed by atoms with Crippen LogP contribution in [0.15, 0.2) is 24.5 Å². The molecule has 1 N–H and O–H groups in total. The molecule has 80 valence electrons. The maximum atomic E-state index is 11.5. The molecule has 0 aliphatic carbocycles. The number of aromatic nitrogens is 1. The number of nitrogens with zero attached hydrogens (tertiary/aromatic N) is 1. The topological polar surface area (TPSA) is 68.3 Å². The van der Waals surface area contributed by atoms with E-state index in [9.17, 15) is 9.59 Å². The fourth-order valence-corrected chi connectivity index (χ4v) is 1.14. The molecule has 15 heavy (non-hydrogen) atoms. The second kappa shape index (κ2) is 5.74. The second-order valence-electron chi connectivity index (χ2n) is 2.76. The van der Waals surface area contributed by atoms with Crippen molar-refractivity contribution in [3.63, 3.8) is 0 Å². The number of rotatable bonds is 5. The fraction of sp³-hybridized carbons (Fsp3) is 0.300. The lowest BCUT2D eigenvalue weighted by Gasteiger charge is -2.13. The minimum atomic E-state index is -0.781. The van der Waals surface area contributed by atoms with E-state index < -0.39 is 12.0 Å². The quantitative estimate of drug-likeness (QED) is 0.563. The van der Waals surface area contributed by atoms with E-state index in [1.807, 2.05) is 0 Å². The smallest absolute Gasteiger partial charge is 0.333 e. The van der Waals surface area contributed by atoms with Crippen molar-refractivity contribution in [2.75, 3.05) is 6.61 Å². The van der Waals surface area contributed by atoms with Gasteiger partial charge in [0.1, 0.15) is 0 Å². The number of nitrogens with one attached hydrogen (secondary N) is 1. The lowest BCUT2D eigenvalue weighted by molar-refractivity contribution is -0.146. The van der Waals surface area contributed by atoms with Gasteiger partial charge in [-0.05, 0) is 13.0 Å². The van der Waals surface area contributed by atoms with Gasteiger partial charge in [0.05, 0.1) is 6.61 Å². The van der Waals surface area contributed by atoms with Gasteiger partial charge < -0.3 is 10.1 Å². The molecule has 0 aromatic carbocycles. The lowest BCUT2D eigenvalue weighted by Crippen LogP contribution is -2.29. The summed E-state index contributed by atoms with van der Waals surface area (Å²) in [5, 5.41) is 2.39. The van der Waals surface area contributed by atoms with Gasteiger partial charge in [-0.25, -0.2) is 4.79 Å². The summed E-state index contributed by atoms with van der Waals surface area (Å²) < 4.78 is 4.82. The van der Waals surface area contributed by atoms with Crippen LogP contribution in [0.4, 0.5) is 0 Å². The van der Waals surface area contributed by atoms with Crippen LogP contribution in [-0.2, 0) is 14.3 Å². The molecule has 1 rings (SSSR count). The molecular weight excluding hydrogens is 196 g/mol. The summed E-state index contributed by atoms with van der Waals surface area (Å²) in [4.78, 5) is 25.7. The molecule has 1 atom stereocenters. The summed E-state index contributed by atoms with van der Waals surface area (Å²) in [6.45, 7) is 1.98. The Morgan fingerprint density at radius 1 is 1.73 bits per heavy atom. The Balaban J connectivity index is 2.82. The highest BCUT2D eigenvalue weighted by Gasteiger charge is 2.20. The van der Waals surface area contributed by atoms with Gasteiger partial charge >= 0.3 is 5.97 Å². The van der Waals surface area contributed by atoms with Gasteiger partial charge in [0.2, 0.25) is 6.41 Å². The van der Waals surface area contributed by atoms with Crippen LogP contribution in [0.3, 0.4) is 0 Å². The molecule has 0 bridgehead atoms. The lowest BCUT2D eigenvalue weighted by atomic mass is 10.1. The van der Waals surface area contributed by atoms with Crippen LogP contribution in [-0.4, -0.2) is 24.0 Å². The van der Waals surface area contributed by atoms with E-state index in [2.05, 4.69) is 10.3 Å². The molecule has 0 aliphatic heterocycles. The Labute approximate surface area is 87.5 Å². The molecule has 1 amide bonds. The van der Waals surface area contributed by atoms with Crippen molar-refractivity contribution in [1.82, 2.24) is 10.3 Å². The Hall–Kier alpha value is -1.91. The van der Waals surface area contributed by atoms with Crippen LogP contribution in [0, 0.1) is 0 Å². The maximum absolute atomic E-state index is 11.5. The molecule has 0 radical (unpaired) electrons. The zero-order valence-corrected chi connectivity index (χ0v) is 8.34. The Morgan fingerprint density at radius 3 is 3.07 bits per heavy atom. The van der Waals surface area contributed by atoms with Gasteiger partial charge in [-0.1, -0.05) is 6.07 Å². The highest BCUT2D eigenvalue weighted by Crippen LogP contribution is 2.12. The van der Waals surface area contributed by atoms with Crippen molar-refractivity contribution in [2.45, 2.75) is 13.0 Å².